The molecule has 0 bridgehead atoms. The van der Waals surface area contributed by atoms with Crippen molar-refractivity contribution in [3.63, 3.8) is 0 Å². The summed E-state index contributed by atoms with van der Waals surface area (Å²) in [6, 6.07) is 0. The van der Waals surface area contributed by atoms with E-state index in [1.54, 1.807) is 0 Å². The number of hydrogen-bond donors (Lipinski definition) is 1. The van der Waals surface area contributed by atoms with Crippen molar-refractivity contribution in [3.8, 4) is 0 Å². The van der Waals surface area contributed by atoms with Crippen LogP contribution in [-0.2, 0) is 4.74 Å². The molecule has 0 spiro atoms. The third-order valence-corrected chi connectivity index (χ3v) is 0.771. The smallest absolute Gasteiger partial charge is 1.00 e. The second kappa shape index (κ2) is 7.22. The van der Waals surface area contributed by atoms with Gasteiger partial charge in [0.15, 0.2) is 0 Å². The van der Waals surface area contributed by atoms with Crippen LogP contribution in [0.2, 0.25) is 0 Å². The average Bonchev–Trinajstić information content (AvgIpc) is 1.63. The summed E-state index contributed by atoms with van der Waals surface area (Å²) in [6.45, 7) is 7.60. The summed E-state index contributed by atoms with van der Waals surface area (Å²) in [7, 11) is 0. The molecule has 0 atom stereocenters. The molecule has 2 nitrogen and oxygen atoms in total. The minimum atomic E-state index is 0. The topological polar surface area (TPSA) is 29.5 Å². The van der Waals surface area contributed by atoms with E-state index in [0.717, 1.165) is 0 Å². The fraction of sp³-hybridized carbons (Fsp3) is 1.00. The van der Waals surface area contributed by atoms with Gasteiger partial charge in [0.1, 0.15) is 0 Å². The van der Waals surface area contributed by atoms with E-state index >= 15 is 0 Å². The van der Waals surface area contributed by atoms with E-state index in [4.69, 9.17) is 9.84 Å². The van der Waals surface area contributed by atoms with Crippen molar-refractivity contribution < 1.29 is 62.7 Å². The molecule has 0 unspecified atom stereocenters. The van der Waals surface area contributed by atoms with Gasteiger partial charge in [-0.15, -0.1) is 0 Å². The Morgan fingerprint density at radius 3 is 2.20 bits per heavy atom. The minimum Gasteiger partial charge on any atom is -1.00 e. The number of rotatable bonds is 3. The molecule has 0 aliphatic rings. The Balaban J connectivity index is -0.000000320. The molecule has 0 saturated heterocycles. The molecule has 0 aromatic carbocycles. The van der Waals surface area contributed by atoms with Crippen LogP contribution in [0.1, 0.15) is 22.2 Å². The largest absolute Gasteiger partial charge is 1.00 e. The van der Waals surface area contributed by atoms with Crippen molar-refractivity contribution in [2.45, 2.75) is 20.8 Å². The Kier molecular flexibility index (Phi) is 10.2. The normalized spacial score (nSPS) is 10.8. The van der Waals surface area contributed by atoms with Crippen molar-refractivity contribution >= 4 is 0 Å². The molecule has 0 heterocycles. The van der Waals surface area contributed by atoms with Gasteiger partial charge in [0.2, 0.25) is 0 Å². The van der Waals surface area contributed by atoms with Crippen molar-refractivity contribution in [1.29, 1.82) is 0 Å². The second-order valence-corrected chi connectivity index (χ2v) is 3.34. The molecule has 10 heavy (non-hydrogen) atoms. The molecule has 0 fully saturated rings. The fourth-order valence-corrected chi connectivity index (χ4v) is 0.443. The molecule has 1 N–H and O–H groups in total. The summed E-state index contributed by atoms with van der Waals surface area (Å²) >= 11 is 0. The molecule has 0 rings (SSSR count). The van der Waals surface area contributed by atoms with Crippen molar-refractivity contribution in [2.24, 2.45) is 5.41 Å². The zero-order valence-electron chi connectivity index (χ0n) is 8.48. The molecule has 0 radical (unpaired) electrons. The summed E-state index contributed by atoms with van der Waals surface area (Å²) in [5, 5.41) is 8.34. The van der Waals surface area contributed by atoms with E-state index in [1.807, 2.05) is 0 Å². The van der Waals surface area contributed by atoms with E-state index < -0.39 is 0 Å². The Hall–Kier alpha value is 1.56. The first-order valence-corrected chi connectivity index (χ1v) is 3.25. The molecule has 0 aromatic heterocycles. The Bertz CT molecular complexity index is 73.3. The van der Waals surface area contributed by atoms with Crippen LogP contribution in [0.25, 0.3) is 0 Å². The van der Waals surface area contributed by atoms with Gasteiger partial charge in [-0.3, -0.25) is 0 Å². The summed E-state index contributed by atoms with van der Waals surface area (Å²) in [4.78, 5) is 0. The van der Waals surface area contributed by atoms with Gasteiger partial charge in [0.25, 0.3) is 0 Å². The first-order chi connectivity index (χ1) is 4.06. The van der Waals surface area contributed by atoms with Crippen LogP contribution in [0.3, 0.4) is 0 Å². The molecule has 0 aliphatic carbocycles. The van der Waals surface area contributed by atoms with E-state index in [9.17, 15) is 0 Å². The maximum Gasteiger partial charge on any atom is 1.00 e. The molecule has 0 aliphatic heterocycles. The van der Waals surface area contributed by atoms with Gasteiger partial charge < -0.3 is 11.3 Å². The van der Waals surface area contributed by atoms with Crippen LogP contribution in [0, 0.1) is 5.41 Å². The van der Waals surface area contributed by atoms with Crippen molar-refractivity contribution in [1.82, 2.24) is 0 Å². The molecular weight excluding hydrogens is 155 g/mol. The number of aliphatic hydroxyl groups excluding tert-OH is 1. The molecule has 0 aromatic rings. The maximum absolute atomic E-state index is 8.34. The van der Waals surface area contributed by atoms with Gasteiger partial charge in [-0.1, -0.05) is 20.8 Å². The van der Waals surface area contributed by atoms with Crippen LogP contribution < -0.4 is 51.4 Å². The van der Waals surface area contributed by atoms with Crippen LogP contribution in [0.15, 0.2) is 0 Å². The molecule has 3 heteroatoms. The third kappa shape index (κ3) is 12.3. The third-order valence-electron chi connectivity index (χ3n) is 0.771. The monoisotopic (exact) mass is 172 g/mol. The molecule has 58 valence electrons. The Labute approximate surface area is 107 Å². The van der Waals surface area contributed by atoms with E-state index in [2.05, 4.69) is 20.8 Å². The molecular formula is C7H17KO2. The van der Waals surface area contributed by atoms with Gasteiger partial charge in [-0.2, -0.15) is 0 Å². The van der Waals surface area contributed by atoms with E-state index in [-0.39, 0.29) is 64.8 Å². The molecule has 0 saturated carbocycles. The Morgan fingerprint density at radius 1 is 1.40 bits per heavy atom. The van der Waals surface area contributed by atoms with Gasteiger partial charge in [-0.05, 0) is 5.41 Å². The SMILES string of the molecule is CC(C)(C)COCCO.[H-].[K+]. The fourth-order valence-electron chi connectivity index (χ4n) is 0.443. The van der Waals surface area contributed by atoms with Crippen LogP contribution in [0.5, 0.6) is 0 Å². The zero-order valence-corrected chi connectivity index (χ0v) is 10.6. The summed E-state index contributed by atoms with van der Waals surface area (Å²) in [6.07, 6.45) is 0. The predicted molar refractivity (Wildman–Crippen MR) is 38.5 cm³/mol. The average molecular weight is 172 g/mol. The number of aliphatic hydroxyl groups is 1. The quantitative estimate of drug-likeness (QED) is 0.400. The number of ether oxygens (including phenoxy) is 1. The first kappa shape index (κ1) is 14.1. The van der Waals surface area contributed by atoms with Crippen molar-refractivity contribution in [2.75, 3.05) is 19.8 Å². The first-order valence-electron chi connectivity index (χ1n) is 3.25. The van der Waals surface area contributed by atoms with Gasteiger partial charge in [0.05, 0.1) is 19.8 Å². The minimum absolute atomic E-state index is 0. The van der Waals surface area contributed by atoms with Crippen molar-refractivity contribution in [3.05, 3.63) is 0 Å². The standard InChI is InChI=1S/C7H16O2.K.H/c1-7(2,3)6-9-5-4-8;;/h8H,4-6H2,1-3H3;;/q;+1;-1. The van der Waals surface area contributed by atoms with Gasteiger partial charge in [-0.25, -0.2) is 0 Å². The van der Waals surface area contributed by atoms with Crippen LogP contribution in [0.4, 0.5) is 0 Å². The predicted octanol–water partition coefficient (Wildman–Crippen LogP) is -1.84. The summed E-state index contributed by atoms with van der Waals surface area (Å²) < 4.78 is 5.10. The summed E-state index contributed by atoms with van der Waals surface area (Å²) in [5.74, 6) is 0. The van der Waals surface area contributed by atoms with E-state index in [0.29, 0.717) is 13.2 Å². The molecule has 0 amide bonds. The van der Waals surface area contributed by atoms with Gasteiger partial charge in [0, 0.05) is 0 Å². The zero-order chi connectivity index (χ0) is 7.33. The second-order valence-electron chi connectivity index (χ2n) is 3.34. The van der Waals surface area contributed by atoms with Crippen LogP contribution in [-0.4, -0.2) is 24.9 Å². The van der Waals surface area contributed by atoms with Gasteiger partial charge >= 0.3 is 51.4 Å². The van der Waals surface area contributed by atoms with Crippen LogP contribution >= 0.6 is 0 Å². The number of hydrogen-bond acceptors (Lipinski definition) is 2. The Morgan fingerprint density at radius 2 is 1.90 bits per heavy atom. The summed E-state index contributed by atoms with van der Waals surface area (Å²) in [5.41, 5.74) is 0.217. The maximum atomic E-state index is 8.34. The van der Waals surface area contributed by atoms with E-state index in [1.165, 1.54) is 0 Å².